The van der Waals surface area contributed by atoms with E-state index in [0.717, 1.165) is 56.5 Å². The summed E-state index contributed by atoms with van der Waals surface area (Å²) >= 11 is 0. The number of nitrogens with zero attached hydrogens (tertiary/aromatic N) is 2. The summed E-state index contributed by atoms with van der Waals surface area (Å²) in [5, 5.41) is 10.9. The Hall–Kier alpha value is -1.89. The Bertz CT molecular complexity index is 643. The minimum atomic E-state index is 0.322. The van der Waals surface area contributed by atoms with E-state index in [1.807, 2.05) is 19.1 Å². The van der Waals surface area contributed by atoms with E-state index in [4.69, 9.17) is 9.47 Å². The zero-order valence-corrected chi connectivity index (χ0v) is 15.3. The predicted molar refractivity (Wildman–Crippen MR) is 97.9 cm³/mol. The van der Waals surface area contributed by atoms with Crippen LogP contribution in [0.3, 0.4) is 0 Å². The molecule has 3 rings (SSSR count). The van der Waals surface area contributed by atoms with Gasteiger partial charge in [0, 0.05) is 43.5 Å². The fraction of sp³-hybridized carbons (Fsp3) is 0.526. The molecule has 6 nitrogen and oxygen atoms in total. The Balaban J connectivity index is 1.69. The minimum absolute atomic E-state index is 0.322. The van der Waals surface area contributed by atoms with Gasteiger partial charge in [-0.3, -0.25) is 10.00 Å². The molecular weight excluding hydrogens is 316 g/mol. The molecule has 1 fully saturated rings. The third-order valence-corrected chi connectivity index (χ3v) is 4.91. The van der Waals surface area contributed by atoms with Gasteiger partial charge in [0.25, 0.3) is 0 Å². The van der Waals surface area contributed by atoms with Crippen LogP contribution in [0.2, 0.25) is 0 Å². The van der Waals surface area contributed by atoms with Gasteiger partial charge in [-0.1, -0.05) is 12.1 Å². The van der Waals surface area contributed by atoms with Crippen molar-refractivity contribution in [2.24, 2.45) is 0 Å². The summed E-state index contributed by atoms with van der Waals surface area (Å²) < 4.78 is 10.8. The van der Waals surface area contributed by atoms with Crippen molar-refractivity contribution >= 4 is 0 Å². The molecule has 1 aromatic carbocycles. The van der Waals surface area contributed by atoms with Crippen molar-refractivity contribution in [3.05, 3.63) is 46.8 Å². The lowest BCUT2D eigenvalue weighted by molar-refractivity contribution is 0.0161. The zero-order valence-electron chi connectivity index (χ0n) is 15.3. The van der Waals surface area contributed by atoms with Crippen molar-refractivity contribution in [2.75, 3.05) is 40.0 Å². The highest BCUT2D eigenvalue weighted by molar-refractivity contribution is 5.29. The Morgan fingerprint density at radius 2 is 1.96 bits per heavy atom. The van der Waals surface area contributed by atoms with Gasteiger partial charge >= 0.3 is 0 Å². The normalized spacial score (nSPS) is 16.8. The first-order valence-corrected chi connectivity index (χ1v) is 8.86. The van der Waals surface area contributed by atoms with Gasteiger partial charge in [0.15, 0.2) is 0 Å². The first-order chi connectivity index (χ1) is 12.2. The number of nitrogens with one attached hydrogen (secondary N) is 2. The maximum absolute atomic E-state index is 5.52. The SMILES string of the molecule is COc1ccc([C@@H](CNCc2c(C)n[nH]c2C)N2CCOCC2)cc1. The Kier molecular flexibility index (Phi) is 6.07. The summed E-state index contributed by atoms with van der Waals surface area (Å²) in [4.78, 5) is 2.49. The lowest BCUT2D eigenvalue weighted by Gasteiger charge is -2.35. The Morgan fingerprint density at radius 1 is 1.24 bits per heavy atom. The van der Waals surface area contributed by atoms with Gasteiger partial charge in [-0.2, -0.15) is 5.10 Å². The summed E-state index contributed by atoms with van der Waals surface area (Å²) in [6.45, 7) is 9.34. The Morgan fingerprint density at radius 3 is 2.56 bits per heavy atom. The number of hydrogen-bond donors (Lipinski definition) is 2. The number of H-pyrrole nitrogens is 1. The molecule has 0 amide bonds. The second-order valence-corrected chi connectivity index (χ2v) is 6.48. The monoisotopic (exact) mass is 344 g/mol. The molecule has 2 heterocycles. The molecule has 0 unspecified atom stereocenters. The number of benzene rings is 1. The average Bonchev–Trinajstić information content (AvgIpc) is 2.98. The molecule has 2 N–H and O–H groups in total. The fourth-order valence-electron chi connectivity index (χ4n) is 3.34. The van der Waals surface area contributed by atoms with E-state index in [1.165, 1.54) is 11.1 Å². The number of aromatic amines is 1. The molecule has 0 spiro atoms. The summed E-state index contributed by atoms with van der Waals surface area (Å²) in [6, 6.07) is 8.71. The smallest absolute Gasteiger partial charge is 0.118 e. The zero-order chi connectivity index (χ0) is 17.6. The van der Waals surface area contributed by atoms with Crippen LogP contribution in [-0.2, 0) is 11.3 Å². The number of ether oxygens (including phenoxy) is 2. The van der Waals surface area contributed by atoms with Gasteiger partial charge in [0.05, 0.1) is 26.0 Å². The molecule has 1 aromatic heterocycles. The van der Waals surface area contributed by atoms with Crippen LogP contribution in [0.4, 0.5) is 0 Å². The molecular formula is C19H28N4O2. The van der Waals surface area contributed by atoms with Crippen LogP contribution in [0.1, 0.15) is 28.6 Å². The van der Waals surface area contributed by atoms with Crippen LogP contribution >= 0.6 is 0 Å². The van der Waals surface area contributed by atoms with Crippen molar-refractivity contribution in [3.63, 3.8) is 0 Å². The van der Waals surface area contributed by atoms with Crippen LogP contribution in [0.5, 0.6) is 5.75 Å². The van der Waals surface area contributed by atoms with Gasteiger partial charge in [0.1, 0.15) is 5.75 Å². The largest absolute Gasteiger partial charge is 0.497 e. The lowest BCUT2D eigenvalue weighted by atomic mass is 10.0. The molecule has 0 saturated carbocycles. The van der Waals surface area contributed by atoms with E-state index in [9.17, 15) is 0 Å². The quantitative estimate of drug-likeness (QED) is 0.806. The average molecular weight is 344 g/mol. The molecule has 136 valence electrons. The highest BCUT2D eigenvalue weighted by Crippen LogP contribution is 2.24. The summed E-state index contributed by atoms with van der Waals surface area (Å²) in [7, 11) is 1.70. The van der Waals surface area contributed by atoms with E-state index in [2.05, 4.69) is 39.5 Å². The number of morpholine rings is 1. The number of methoxy groups -OCH3 is 1. The first-order valence-electron chi connectivity index (χ1n) is 8.86. The molecule has 1 saturated heterocycles. The lowest BCUT2D eigenvalue weighted by Crippen LogP contribution is -2.42. The van der Waals surface area contributed by atoms with Gasteiger partial charge < -0.3 is 14.8 Å². The molecule has 0 bridgehead atoms. The molecule has 0 aliphatic carbocycles. The van der Waals surface area contributed by atoms with Crippen LogP contribution in [-0.4, -0.2) is 55.1 Å². The van der Waals surface area contributed by atoms with Crippen LogP contribution in [0.25, 0.3) is 0 Å². The molecule has 6 heteroatoms. The van der Waals surface area contributed by atoms with Gasteiger partial charge in [-0.15, -0.1) is 0 Å². The number of hydrogen-bond acceptors (Lipinski definition) is 5. The van der Waals surface area contributed by atoms with Crippen molar-refractivity contribution < 1.29 is 9.47 Å². The van der Waals surface area contributed by atoms with E-state index in [1.54, 1.807) is 7.11 Å². The van der Waals surface area contributed by atoms with E-state index in [0.29, 0.717) is 6.04 Å². The van der Waals surface area contributed by atoms with Crippen molar-refractivity contribution in [1.29, 1.82) is 0 Å². The van der Waals surface area contributed by atoms with Crippen LogP contribution in [0, 0.1) is 13.8 Å². The molecule has 2 aromatic rings. The summed E-state index contributed by atoms with van der Waals surface area (Å²) in [5.74, 6) is 0.891. The standard InChI is InChI=1S/C19H28N4O2/c1-14-18(15(2)22-21-14)12-20-13-19(23-8-10-25-11-9-23)16-4-6-17(24-3)7-5-16/h4-7,19-20H,8-13H2,1-3H3,(H,21,22)/t19-/m1/s1. The topological polar surface area (TPSA) is 62.4 Å². The minimum Gasteiger partial charge on any atom is -0.497 e. The molecule has 1 atom stereocenters. The van der Waals surface area contributed by atoms with Crippen molar-refractivity contribution in [3.8, 4) is 5.75 Å². The van der Waals surface area contributed by atoms with Gasteiger partial charge in [0.2, 0.25) is 0 Å². The Labute approximate surface area is 149 Å². The van der Waals surface area contributed by atoms with E-state index in [-0.39, 0.29) is 0 Å². The predicted octanol–water partition coefficient (Wildman–Crippen LogP) is 2.20. The molecule has 1 aliphatic rings. The van der Waals surface area contributed by atoms with Gasteiger partial charge in [-0.25, -0.2) is 0 Å². The summed E-state index contributed by atoms with van der Waals surface area (Å²) in [6.07, 6.45) is 0. The highest BCUT2D eigenvalue weighted by atomic mass is 16.5. The third-order valence-electron chi connectivity index (χ3n) is 4.91. The van der Waals surface area contributed by atoms with Crippen molar-refractivity contribution in [2.45, 2.75) is 26.4 Å². The summed E-state index contributed by atoms with van der Waals surface area (Å²) in [5.41, 5.74) is 4.76. The molecule has 1 aliphatic heterocycles. The van der Waals surface area contributed by atoms with Crippen molar-refractivity contribution in [1.82, 2.24) is 20.4 Å². The van der Waals surface area contributed by atoms with Crippen LogP contribution < -0.4 is 10.1 Å². The maximum atomic E-state index is 5.52. The molecule has 0 radical (unpaired) electrons. The highest BCUT2D eigenvalue weighted by Gasteiger charge is 2.22. The number of aromatic nitrogens is 2. The second-order valence-electron chi connectivity index (χ2n) is 6.48. The number of rotatable bonds is 7. The second kappa shape index (κ2) is 8.47. The molecule has 25 heavy (non-hydrogen) atoms. The number of aryl methyl sites for hydroxylation is 2. The van der Waals surface area contributed by atoms with Crippen LogP contribution in [0.15, 0.2) is 24.3 Å². The third kappa shape index (κ3) is 4.39. The fourth-order valence-corrected chi connectivity index (χ4v) is 3.34. The van der Waals surface area contributed by atoms with Gasteiger partial charge in [-0.05, 0) is 31.5 Å². The maximum Gasteiger partial charge on any atom is 0.118 e. The first kappa shape index (κ1) is 17.9. The van der Waals surface area contributed by atoms with E-state index >= 15 is 0 Å². The van der Waals surface area contributed by atoms with E-state index < -0.39 is 0 Å².